The first-order valence-electron chi connectivity index (χ1n) is 3.84. The van der Waals surface area contributed by atoms with Gasteiger partial charge in [-0.1, -0.05) is 0 Å². The smallest absolute Gasteiger partial charge is 0.857 e. The minimum Gasteiger partial charge on any atom is -0.857 e. The summed E-state index contributed by atoms with van der Waals surface area (Å²) in [6.07, 6.45) is 20.0. The Morgan fingerprint density at radius 1 is 0.929 bits per heavy atom. The van der Waals surface area contributed by atoms with Crippen LogP contribution in [0.4, 0.5) is 0 Å². The van der Waals surface area contributed by atoms with Crippen LogP contribution in [0.1, 0.15) is 12.8 Å². The third-order valence-electron chi connectivity index (χ3n) is 1.17. The number of hydrogen-bond acceptors (Lipinski definition) is 1. The van der Waals surface area contributed by atoms with Crippen LogP contribution in [0, 0.1) is 19.6 Å². The maximum absolute atomic E-state index is 8.25. The minimum atomic E-state index is 0. The molecule has 0 amide bonds. The number of hydrogen-bond donors (Lipinski definition) is 0. The Morgan fingerprint density at radius 2 is 1.29 bits per heavy atom. The fourth-order valence-electron chi connectivity index (χ4n) is 0.680. The zero-order chi connectivity index (χ0) is 9.07. The largest absolute Gasteiger partial charge is 4.00 e. The summed E-state index contributed by atoms with van der Waals surface area (Å²) in [7, 11) is 0.750. The van der Waals surface area contributed by atoms with Gasteiger partial charge in [-0.15, -0.1) is 12.8 Å². The number of allylic oxidation sites excluding steroid dienone is 8. The van der Waals surface area contributed by atoms with E-state index in [4.69, 9.17) is 5.11 Å². The van der Waals surface area contributed by atoms with Crippen LogP contribution in [0.3, 0.4) is 0 Å². The van der Waals surface area contributed by atoms with Gasteiger partial charge in [0.05, 0.1) is 0 Å². The third-order valence-corrected chi connectivity index (χ3v) is 1.17. The van der Waals surface area contributed by atoms with E-state index in [1.807, 2.05) is 24.3 Å². The normalized spacial score (nSPS) is 13.0. The second kappa shape index (κ2) is 18.6. The van der Waals surface area contributed by atoms with Crippen LogP contribution in [0.15, 0.2) is 36.5 Å². The van der Waals surface area contributed by atoms with Crippen LogP contribution < -0.4 is 5.11 Å². The van der Waals surface area contributed by atoms with E-state index in [9.17, 15) is 0 Å². The molecule has 0 aromatic carbocycles. The van der Waals surface area contributed by atoms with Gasteiger partial charge < -0.3 is 12.5 Å². The van der Waals surface area contributed by atoms with Gasteiger partial charge in [0.25, 0.3) is 0 Å². The molecule has 2 rings (SSSR count). The van der Waals surface area contributed by atoms with E-state index in [0.29, 0.717) is 0 Å². The van der Waals surface area contributed by atoms with E-state index in [2.05, 4.69) is 24.3 Å². The SMILES string of the molecule is C[O-].[C-]1=CC=CC1.[C-]1=CC=CC1.[CH3-].[Zr+4]. The first-order chi connectivity index (χ1) is 6.00. The molecule has 2 heteroatoms. The molecule has 0 unspecified atom stereocenters. The van der Waals surface area contributed by atoms with Crippen molar-refractivity contribution in [3.63, 3.8) is 0 Å². The Kier molecular flexibility index (Phi) is 25.7. The van der Waals surface area contributed by atoms with Crippen LogP contribution in [-0.4, -0.2) is 7.11 Å². The van der Waals surface area contributed by atoms with Crippen LogP contribution >= 0.6 is 0 Å². The van der Waals surface area contributed by atoms with Gasteiger partial charge in [0.2, 0.25) is 0 Å². The first-order valence-corrected chi connectivity index (χ1v) is 3.84. The van der Waals surface area contributed by atoms with Crippen LogP contribution in [0.5, 0.6) is 0 Å². The van der Waals surface area contributed by atoms with Gasteiger partial charge in [-0.05, 0) is 0 Å². The summed E-state index contributed by atoms with van der Waals surface area (Å²) in [6, 6.07) is 0. The minimum absolute atomic E-state index is 0. The predicted octanol–water partition coefficient (Wildman–Crippen LogP) is 2.04. The molecule has 0 heterocycles. The van der Waals surface area contributed by atoms with E-state index in [1.165, 1.54) is 0 Å². The van der Waals surface area contributed by atoms with Gasteiger partial charge in [0.15, 0.2) is 0 Å². The zero-order valence-electron chi connectivity index (χ0n) is 8.79. The summed E-state index contributed by atoms with van der Waals surface area (Å²) in [5, 5.41) is 8.25. The van der Waals surface area contributed by atoms with Gasteiger partial charge in [-0.3, -0.25) is 12.2 Å². The van der Waals surface area contributed by atoms with Crippen molar-refractivity contribution < 1.29 is 31.3 Å². The van der Waals surface area contributed by atoms with E-state index in [0.717, 1.165) is 20.0 Å². The fourth-order valence-corrected chi connectivity index (χ4v) is 0.680. The maximum atomic E-state index is 8.25. The van der Waals surface area contributed by atoms with Gasteiger partial charge in [-0.2, -0.15) is 19.3 Å². The molecule has 0 N–H and O–H groups in total. The monoisotopic (exact) mass is 266 g/mol. The maximum Gasteiger partial charge on any atom is 4.00 e. The van der Waals surface area contributed by atoms with Crippen molar-refractivity contribution in [3.8, 4) is 0 Å². The van der Waals surface area contributed by atoms with Crippen molar-refractivity contribution in [2.24, 2.45) is 0 Å². The summed E-state index contributed by atoms with van der Waals surface area (Å²) in [4.78, 5) is 0. The summed E-state index contributed by atoms with van der Waals surface area (Å²) in [5.74, 6) is 0. The van der Waals surface area contributed by atoms with Crippen LogP contribution in [0.2, 0.25) is 0 Å². The van der Waals surface area contributed by atoms with Gasteiger partial charge in [-0.25, -0.2) is 24.3 Å². The average Bonchev–Trinajstić information content (AvgIpc) is 2.87. The molecule has 0 bridgehead atoms. The van der Waals surface area contributed by atoms with E-state index in [-0.39, 0.29) is 33.6 Å². The predicted molar refractivity (Wildman–Crippen MR) is 55.5 cm³/mol. The first kappa shape index (κ1) is 19.4. The quantitative estimate of drug-likeness (QED) is 0.616. The Labute approximate surface area is 107 Å². The molecule has 0 fully saturated rings. The third kappa shape index (κ3) is 14.3. The second-order valence-corrected chi connectivity index (χ2v) is 2.01. The van der Waals surface area contributed by atoms with Gasteiger partial charge in [0.1, 0.15) is 0 Å². The van der Waals surface area contributed by atoms with E-state index in [1.54, 1.807) is 0 Å². The molecule has 0 saturated heterocycles. The molecule has 0 saturated carbocycles. The molecule has 2 aliphatic rings. The molecule has 0 aromatic heterocycles. The Bertz CT molecular complexity index is 148. The average molecular weight is 267 g/mol. The van der Waals surface area contributed by atoms with Crippen LogP contribution in [0.25, 0.3) is 0 Å². The molecule has 0 spiro atoms. The van der Waals surface area contributed by atoms with E-state index >= 15 is 0 Å². The zero-order valence-corrected chi connectivity index (χ0v) is 11.2. The molecule has 1 nitrogen and oxygen atoms in total. The standard InChI is InChI=1S/2C5H5.CH3O.CH3.Zr/c2*1-2-4-5-3-1;1-2;;/h2*1-3H,4H2;1H3;1H3;/q4*-1;+4. The topological polar surface area (TPSA) is 23.1 Å². The summed E-state index contributed by atoms with van der Waals surface area (Å²) < 4.78 is 0. The molecule has 14 heavy (non-hydrogen) atoms. The van der Waals surface area contributed by atoms with Crippen molar-refractivity contribution in [2.75, 3.05) is 7.11 Å². The summed E-state index contributed by atoms with van der Waals surface area (Å²) in [5.41, 5.74) is 0. The van der Waals surface area contributed by atoms with Crippen molar-refractivity contribution in [2.45, 2.75) is 12.8 Å². The van der Waals surface area contributed by atoms with Crippen molar-refractivity contribution in [3.05, 3.63) is 56.0 Å². The number of rotatable bonds is 0. The van der Waals surface area contributed by atoms with Crippen molar-refractivity contribution >= 4 is 0 Å². The van der Waals surface area contributed by atoms with Crippen molar-refractivity contribution in [1.29, 1.82) is 0 Å². The van der Waals surface area contributed by atoms with Crippen LogP contribution in [-0.2, 0) is 26.2 Å². The molecule has 0 atom stereocenters. The van der Waals surface area contributed by atoms with Crippen molar-refractivity contribution in [1.82, 2.24) is 0 Å². The molecule has 0 aromatic rings. The van der Waals surface area contributed by atoms with Gasteiger partial charge in [0, 0.05) is 0 Å². The molecule has 0 aliphatic heterocycles. The second-order valence-electron chi connectivity index (χ2n) is 2.01. The Hall–Kier alpha value is -0.197. The fraction of sp³-hybridized carbons (Fsp3) is 0.250. The molecule has 2 aliphatic carbocycles. The molecular weight excluding hydrogens is 251 g/mol. The summed E-state index contributed by atoms with van der Waals surface area (Å²) >= 11 is 0. The molecule has 0 radical (unpaired) electrons. The molecule has 74 valence electrons. The molecular formula is C12H16OZr. The van der Waals surface area contributed by atoms with Gasteiger partial charge >= 0.3 is 26.2 Å². The van der Waals surface area contributed by atoms with E-state index < -0.39 is 0 Å². The Morgan fingerprint density at radius 3 is 1.36 bits per heavy atom. The summed E-state index contributed by atoms with van der Waals surface area (Å²) in [6.45, 7) is 0. The Balaban J connectivity index is -0.000000131.